The fourth-order valence-corrected chi connectivity index (χ4v) is 2.17. The number of pyridine rings is 1. The van der Waals surface area contributed by atoms with Crippen LogP contribution < -0.4 is 15.4 Å². The van der Waals surface area contributed by atoms with E-state index in [-0.39, 0.29) is 17.7 Å². The highest BCUT2D eigenvalue weighted by Crippen LogP contribution is 2.23. The fraction of sp³-hybridized carbons (Fsp3) is 0.357. The molecule has 0 saturated heterocycles. The average molecular weight is 330 g/mol. The van der Waals surface area contributed by atoms with Crippen molar-refractivity contribution in [3.05, 3.63) is 24.0 Å². The lowest BCUT2D eigenvalue weighted by molar-refractivity contribution is 0.102. The number of ether oxygens (including phenoxy) is 1. The van der Waals surface area contributed by atoms with Crippen molar-refractivity contribution in [2.45, 2.75) is 19.9 Å². The number of nitrogens with one attached hydrogen (secondary N) is 2. The number of aryl methyl sites for hydroxylation is 1. The Kier molecular flexibility index (Phi) is 4.02. The Labute approximate surface area is 137 Å². The highest BCUT2D eigenvalue weighted by Gasteiger charge is 2.16. The van der Waals surface area contributed by atoms with Gasteiger partial charge in [-0.25, -0.2) is 0 Å². The van der Waals surface area contributed by atoms with E-state index in [1.807, 2.05) is 19.9 Å². The van der Waals surface area contributed by atoms with Crippen molar-refractivity contribution in [3.63, 3.8) is 0 Å². The van der Waals surface area contributed by atoms with E-state index >= 15 is 0 Å². The lowest BCUT2D eigenvalue weighted by Gasteiger charge is -2.11. The smallest absolute Gasteiger partial charge is 0.280 e. The average Bonchev–Trinajstić information content (AvgIpc) is 3.13. The topological polar surface area (TPSA) is 111 Å². The second-order valence-electron chi connectivity index (χ2n) is 5.49. The van der Waals surface area contributed by atoms with Crippen LogP contribution in [-0.4, -0.2) is 48.7 Å². The normalized spacial score (nSPS) is 11.0. The Morgan fingerprint density at radius 2 is 2.12 bits per heavy atom. The molecule has 0 spiro atoms. The first-order valence-electron chi connectivity index (χ1n) is 7.36. The number of rotatable bonds is 5. The third-order valence-electron chi connectivity index (χ3n) is 3.17. The summed E-state index contributed by atoms with van der Waals surface area (Å²) in [6, 6.07) is 3.85. The maximum Gasteiger partial charge on any atom is 0.280 e. The third-order valence-corrected chi connectivity index (χ3v) is 3.17. The Morgan fingerprint density at radius 1 is 1.33 bits per heavy atom. The van der Waals surface area contributed by atoms with Gasteiger partial charge in [0.05, 0.1) is 13.3 Å². The summed E-state index contributed by atoms with van der Waals surface area (Å²) in [6.07, 6.45) is 1.51. The summed E-state index contributed by atoms with van der Waals surface area (Å²) in [6.45, 7) is 4.04. The molecule has 1 amide bonds. The first-order valence-corrected chi connectivity index (χ1v) is 7.36. The van der Waals surface area contributed by atoms with E-state index in [1.165, 1.54) is 10.9 Å². The molecule has 126 valence electrons. The van der Waals surface area contributed by atoms with Gasteiger partial charge in [-0.3, -0.25) is 14.8 Å². The molecular formula is C14H18N8O2. The largest absolute Gasteiger partial charge is 0.493 e. The summed E-state index contributed by atoms with van der Waals surface area (Å²) in [5.41, 5.74) is 0.682. The highest BCUT2D eigenvalue weighted by molar-refractivity contribution is 6.01. The predicted octanol–water partition coefficient (Wildman–Crippen LogP) is 0.939. The quantitative estimate of drug-likeness (QED) is 0.716. The van der Waals surface area contributed by atoms with Gasteiger partial charge in [-0.2, -0.15) is 9.50 Å². The van der Waals surface area contributed by atoms with Gasteiger partial charge >= 0.3 is 0 Å². The van der Waals surface area contributed by atoms with Crippen molar-refractivity contribution in [2.75, 3.05) is 17.7 Å². The van der Waals surface area contributed by atoms with Gasteiger partial charge in [0.1, 0.15) is 5.82 Å². The summed E-state index contributed by atoms with van der Waals surface area (Å²) in [7, 11) is 3.24. The molecule has 3 aromatic heterocycles. The summed E-state index contributed by atoms with van der Waals surface area (Å²) < 4.78 is 8.34. The van der Waals surface area contributed by atoms with Crippen LogP contribution in [0.25, 0.3) is 5.65 Å². The van der Waals surface area contributed by atoms with Crippen molar-refractivity contribution in [3.8, 4) is 5.75 Å². The summed E-state index contributed by atoms with van der Waals surface area (Å²) in [5, 5.41) is 17.7. The van der Waals surface area contributed by atoms with Crippen LogP contribution in [0.1, 0.15) is 24.3 Å². The Morgan fingerprint density at radius 3 is 2.75 bits per heavy atom. The van der Waals surface area contributed by atoms with E-state index in [4.69, 9.17) is 4.74 Å². The van der Waals surface area contributed by atoms with Crippen molar-refractivity contribution in [1.29, 1.82) is 0 Å². The summed E-state index contributed by atoms with van der Waals surface area (Å²) >= 11 is 0. The van der Waals surface area contributed by atoms with Gasteiger partial charge in [-0.05, 0) is 26.0 Å². The molecule has 3 heterocycles. The first-order chi connectivity index (χ1) is 11.5. The molecule has 10 nitrogen and oxygen atoms in total. The first kappa shape index (κ1) is 15.7. The van der Waals surface area contributed by atoms with E-state index in [1.54, 1.807) is 24.7 Å². The van der Waals surface area contributed by atoms with Crippen molar-refractivity contribution < 1.29 is 9.53 Å². The van der Waals surface area contributed by atoms with Gasteiger partial charge in [-0.1, -0.05) is 5.21 Å². The van der Waals surface area contributed by atoms with Gasteiger partial charge in [0.2, 0.25) is 11.6 Å². The second-order valence-corrected chi connectivity index (χ2v) is 5.49. The van der Waals surface area contributed by atoms with Gasteiger partial charge in [-0.15, -0.1) is 10.2 Å². The molecule has 3 rings (SSSR count). The maximum atomic E-state index is 12.2. The van der Waals surface area contributed by atoms with E-state index in [0.29, 0.717) is 11.4 Å². The molecule has 0 saturated carbocycles. The molecule has 2 N–H and O–H groups in total. The highest BCUT2D eigenvalue weighted by atomic mass is 16.5. The Bertz CT molecular complexity index is 882. The number of fused-ring (bicyclic) bond motifs is 1. The molecule has 0 radical (unpaired) electrons. The second kappa shape index (κ2) is 6.14. The number of methoxy groups -OCH3 is 1. The zero-order valence-corrected chi connectivity index (χ0v) is 13.8. The number of carbonyl (C=O) groups is 1. The molecule has 0 atom stereocenters. The number of anilines is 2. The number of hydrogen-bond donors (Lipinski definition) is 2. The molecule has 0 aliphatic carbocycles. The molecule has 0 fully saturated rings. The van der Waals surface area contributed by atoms with Gasteiger partial charge in [0.15, 0.2) is 11.4 Å². The zero-order chi connectivity index (χ0) is 17.3. The molecule has 0 aromatic carbocycles. The van der Waals surface area contributed by atoms with Crippen LogP contribution in [0, 0.1) is 0 Å². The Hall–Kier alpha value is -3.17. The maximum absolute atomic E-state index is 12.2. The number of carbonyl (C=O) groups excluding carboxylic acids is 1. The fourth-order valence-electron chi connectivity index (χ4n) is 2.17. The molecule has 3 aromatic rings. The summed E-state index contributed by atoms with van der Waals surface area (Å²) in [5.74, 6) is 1.02. The van der Waals surface area contributed by atoms with Crippen molar-refractivity contribution >= 4 is 23.3 Å². The van der Waals surface area contributed by atoms with Crippen molar-refractivity contribution in [1.82, 2.24) is 29.6 Å². The van der Waals surface area contributed by atoms with Crippen LogP contribution in [-0.2, 0) is 7.05 Å². The van der Waals surface area contributed by atoms with Crippen LogP contribution in [0.5, 0.6) is 5.75 Å². The molecule has 0 unspecified atom stereocenters. The lowest BCUT2D eigenvalue weighted by atomic mass is 10.3. The lowest BCUT2D eigenvalue weighted by Crippen LogP contribution is -2.14. The molecule has 0 aliphatic rings. The van der Waals surface area contributed by atoms with E-state index < -0.39 is 5.91 Å². The van der Waals surface area contributed by atoms with Crippen LogP contribution in [0.3, 0.4) is 0 Å². The predicted molar refractivity (Wildman–Crippen MR) is 87.3 cm³/mol. The third kappa shape index (κ3) is 2.98. The van der Waals surface area contributed by atoms with E-state index in [0.717, 1.165) is 5.82 Å². The van der Waals surface area contributed by atoms with Gasteiger partial charge in [0, 0.05) is 13.1 Å². The van der Waals surface area contributed by atoms with E-state index in [2.05, 4.69) is 31.0 Å². The molecule has 0 bridgehead atoms. The SMILES string of the molecule is COc1ccc(NC(C)C)n2nc(NC(=O)c3cn(C)nn3)nc12. The van der Waals surface area contributed by atoms with Crippen LogP contribution in [0.15, 0.2) is 18.3 Å². The van der Waals surface area contributed by atoms with E-state index in [9.17, 15) is 4.79 Å². The number of amides is 1. The van der Waals surface area contributed by atoms with Crippen LogP contribution in [0.2, 0.25) is 0 Å². The molecular weight excluding hydrogens is 312 g/mol. The Balaban J connectivity index is 1.95. The van der Waals surface area contributed by atoms with Crippen LogP contribution >= 0.6 is 0 Å². The molecule has 0 aliphatic heterocycles. The number of hydrogen-bond acceptors (Lipinski definition) is 7. The van der Waals surface area contributed by atoms with Crippen molar-refractivity contribution in [2.24, 2.45) is 7.05 Å². The minimum absolute atomic E-state index is 0.155. The number of nitrogens with zero attached hydrogens (tertiary/aromatic N) is 6. The number of aromatic nitrogens is 6. The molecule has 10 heteroatoms. The minimum atomic E-state index is -0.434. The summed E-state index contributed by atoms with van der Waals surface area (Å²) in [4.78, 5) is 16.5. The standard InChI is InChI=1S/C14H18N8O2/c1-8(2)15-11-6-5-10(24-4)12-16-14(19-22(11)12)17-13(23)9-7-21(3)20-18-9/h5-8,15H,1-4H3,(H,17,19,23). The van der Waals surface area contributed by atoms with Gasteiger partial charge < -0.3 is 10.1 Å². The van der Waals surface area contributed by atoms with Gasteiger partial charge in [0.25, 0.3) is 5.91 Å². The molecule has 24 heavy (non-hydrogen) atoms. The zero-order valence-electron chi connectivity index (χ0n) is 13.8. The van der Waals surface area contributed by atoms with Crippen LogP contribution in [0.4, 0.5) is 11.8 Å². The monoisotopic (exact) mass is 330 g/mol. The minimum Gasteiger partial charge on any atom is -0.493 e.